The first-order valence-corrected chi connectivity index (χ1v) is 10.2. The van der Waals surface area contributed by atoms with Crippen molar-refractivity contribution in [3.8, 4) is 0 Å². The van der Waals surface area contributed by atoms with Crippen molar-refractivity contribution in [1.29, 1.82) is 0 Å². The Morgan fingerprint density at radius 3 is 2.31 bits per heavy atom. The van der Waals surface area contributed by atoms with Gasteiger partial charge in [-0.05, 0) is 36.2 Å². The van der Waals surface area contributed by atoms with Crippen LogP contribution in [0.5, 0.6) is 0 Å². The van der Waals surface area contributed by atoms with E-state index in [1.807, 2.05) is 54.6 Å². The molecule has 0 unspecified atom stereocenters. The molecule has 0 amide bonds. The van der Waals surface area contributed by atoms with E-state index in [9.17, 15) is 14.4 Å². The third-order valence-corrected chi connectivity index (χ3v) is 5.57. The van der Waals surface area contributed by atoms with Crippen LogP contribution >= 0.6 is 0 Å². The van der Waals surface area contributed by atoms with Crippen molar-refractivity contribution in [2.24, 2.45) is 0 Å². The summed E-state index contributed by atoms with van der Waals surface area (Å²) in [6.45, 7) is 1.88. The highest BCUT2D eigenvalue weighted by molar-refractivity contribution is 5.98. The quantitative estimate of drug-likeness (QED) is 0.416. The molecule has 0 radical (unpaired) electrons. The smallest absolute Gasteiger partial charge is 0.267 e. The van der Waals surface area contributed by atoms with Crippen molar-refractivity contribution in [2.75, 3.05) is 0 Å². The van der Waals surface area contributed by atoms with Gasteiger partial charge in [0.15, 0.2) is 0 Å². The van der Waals surface area contributed by atoms with Gasteiger partial charge in [-0.25, -0.2) is 9.67 Å². The number of hydrogen-bond donors (Lipinski definition) is 0. The van der Waals surface area contributed by atoms with E-state index in [1.54, 1.807) is 37.3 Å². The van der Waals surface area contributed by atoms with Crippen LogP contribution in [0.3, 0.4) is 0 Å². The van der Waals surface area contributed by atoms with E-state index in [0.717, 1.165) is 21.2 Å². The number of nitrogens with zero attached hydrogens (tertiary/aromatic N) is 3. The van der Waals surface area contributed by atoms with Crippen LogP contribution in [0.4, 0.5) is 0 Å². The number of aromatic nitrogens is 3. The van der Waals surface area contributed by atoms with Crippen LogP contribution < -0.4 is 11.1 Å². The lowest BCUT2D eigenvalue weighted by Crippen LogP contribution is -2.43. The third kappa shape index (κ3) is 3.22. The maximum atomic E-state index is 13.6. The maximum absolute atomic E-state index is 13.6. The first-order chi connectivity index (χ1) is 15.5. The molecule has 32 heavy (non-hydrogen) atoms. The van der Waals surface area contributed by atoms with Crippen LogP contribution in [-0.2, 0) is 6.54 Å². The Labute approximate surface area is 183 Å². The molecule has 0 aliphatic rings. The van der Waals surface area contributed by atoms with Crippen molar-refractivity contribution in [1.82, 2.24) is 14.3 Å². The third-order valence-electron chi connectivity index (χ3n) is 5.57. The summed E-state index contributed by atoms with van der Waals surface area (Å²) in [7, 11) is 0. The molecule has 6 heteroatoms. The van der Waals surface area contributed by atoms with Crippen LogP contribution in [0.1, 0.15) is 21.5 Å². The highest BCUT2D eigenvalue weighted by Gasteiger charge is 2.22. The Balaban J connectivity index is 1.86. The average Bonchev–Trinajstić information content (AvgIpc) is 2.82. The fourth-order valence-electron chi connectivity index (χ4n) is 3.91. The van der Waals surface area contributed by atoms with Gasteiger partial charge in [0.05, 0.1) is 17.4 Å². The van der Waals surface area contributed by atoms with Gasteiger partial charge in [-0.2, -0.15) is 4.68 Å². The Hall–Kier alpha value is -4.32. The van der Waals surface area contributed by atoms with Crippen LogP contribution in [0.15, 0.2) is 94.5 Å². The van der Waals surface area contributed by atoms with Gasteiger partial charge >= 0.3 is 0 Å². The van der Waals surface area contributed by atoms with Gasteiger partial charge in [-0.3, -0.25) is 14.4 Å². The minimum Gasteiger partial charge on any atom is -0.267 e. The van der Waals surface area contributed by atoms with Gasteiger partial charge in [0.25, 0.3) is 17.0 Å². The first-order valence-electron chi connectivity index (χ1n) is 10.2. The molecule has 0 aliphatic heterocycles. The number of benzene rings is 3. The van der Waals surface area contributed by atoms with Gasteiger partial charge in [0, 0.05) is 10.9 Å². The Morgan fingerprint density at radius 1 is 0.844 bits per heavy atom. The number of carbonyl (C=O) groups excluding carboxylic acids is 1. The summed E-state index contributed by atoms with van der Waals surface area (Å²) < 4.78 is 2.15. The molecule has 0 fully saturated rings. The summed E-state index contributed by atoms with van der Waals surface area (Å²) in [6.07, 6.45) is 0. The zero-order valence-electron chi connectivity index (χ0n) is 17.4. The molecule has 0 saturated heterocycles. The Kier molecular flexibility index (Phi) is 4.75. The second-order valence-electron chi connectivity index (χ2n) is 7.66. The van der Waals surface area contributed by atoms with E-state index in [-0.39, 0.29) is 17.4 Å². The van der Waals surface area contributed by atoms with Crippen LogP contribution in [-0.4, -0.2) is 20.3 Å². The largest absolute Gasteiger partial charge is 0.299 e. The van der Waals surface area contributed by atoms with Gasteiger partial charge in [-0.1, -0.05) is 66.7 Å². The fourth-order valence-corrected chi connectivity index (χ4v) is 3.91. The predicted molar refractivity (Wildman–Crippen MR) is 124 cm³/mol. The molecule has 3 aromatic carbocycles. The molecule has 156 valence electrons. The summed E-state index contributed by atoms with van der Waals surface area (Å²) in [6, 6.07) is 25.2. The second kappa shape index (κ2) is 7.74. The molecule has 2 heterocycles. The second-order valence-corrected chi connectivity index (χ2v) is 7.66. The van der Waals surface area contributed by atoms with Crippen LogP contribution in [0, 0.1) is 6.92 Å². The minimum atomic E-state index is -0.616. The highest BCUT2D eigenvalue weighted by Crippen LogP contribution is 2.16. The molecule has 6 nitrogen and oxygen atoms in total. The van der Waals surface area contributed by atoms with Crippen molar-refractivity contribution in [3.63, 3.8) is 0 Å². The lowest BCUT2D eigenvalue weighted by molar-refractivity contribution is 0.0919. The number of carbonyl (C=O) groups is 1. The predicted octanol–water partition coefficient (Wildman–Crippen LogP) is 3.76. The Bertz CT molecular complexity index is 1620. The lowest BCUT2D eigenvalue weighted by Gasteiger charge is -2.16. The molecule has 5 aromatic rings. The molecule has 0 aliphatic carbocycles. The molecule has 0 saturated carbocycles. The topological polar surface area (TPSA) is 74.0 Å². The molecular formula is C26H19N3O3. The SMILES string of the molecule is Cc1ccccc1C(=O)n1c(=O)c2nc3ccccc3cc2c(=O)n1Cc1ccccc1. The molecule has 0 spiro atoms. The summed E-state index contributed by atoms with van der Waals surface area (Å²) >= 11 is 0. The zero-order valence-corrected chi connectivity index (χ0v) is 17.4. The average molecular weight is 421 g/mol. The molecule has 2 aromatic heterocycles. The minimum absolute atomic E-state index is 0.0139. The summed E-state index contributed by atoms with van der Waals surface area (Å²) in [4.78, 5) is 45.1. The summed E-state index contributed by atoms with van der Waals surface area (Å²) in [5.41, 5.74) is 1.39. The van der Waals surface area contributed by atoms with E-state index in [2.05, 4.69) is 4.98 Å². The van der Waals surface area contributed by atoms with Crippen LogP contribution in [0.2, 0.25) is 0 Å². The normalized spacial score (nSPS) is 11.2. The van der Waals surface area contributed by atoms with Gasteiger partial charge in [-0.15, -0.1) is 0 Å². The maximum Gasteiger partial charge on any atom is 0.299 e. The van der Waals surface area contributed by atoms with Crippen molar-refractivity contribution in [2.45, 2.75) is 13.5 Å². The van der Waals surface area contributed by atoms with E-state index < -0.39 is 17.0 Å². The lowest BCUT2D eigenvalue weighted by atomic mass is 10.1. The number of hydrogen-bond acceptors (Lipinski definition) is 4. The zero-order chi connectivity index (χ0) is 22.2. The van der Waals surface area contributed by atoms with Gasteiger partial charge < -0.3 is 0 Å². The van der Waals surface area contributed by atoms with E-state index in [0.29, 0.717) is 11.1 Å². The van der Waals surface area contributed by atoms with Crippen molar-refractivity contribution in [3.05, 3.63) is 122 Å². The monoisotopic (exact) mass is 421 g/mol. The standard InChI is InChI=1S/C26H19N3O3/c1-17-9-5-7-13-20(17)25(31)29-26(32)23-21(15-19-12-6-8-14-22(19)27-23)24(30)28(29)16-18-10-3-2-4-11-18/h2-15H,16H2,1H3. The molecular weight excluding hydrogens is 402 g/mol. The Morgan fingerprint density at radius 2 is 1.53 bits per heavy atom. The number of para-hydroxylation sites is 1. The summed E-state index contributed by atoms with van der Waals surface area (Å²) in [5, 5.41) is 0.948. The van der Waals surface area contributed by atoms with Crippen molar-refractivity contribution < 1.29 is 4.79 Å². The van der Waals surface area contributed by atoms with Gasteiger partial charge in [0.1, 0.15) is 5.52 Å². The molecule has 5 rings (SSSR count). The number of aryl methyl sites for hydroxylation is 1. The van der Waals surface area contributed by atoms with E-state index in [4.69, 9.17) is 0 Å². The van der Waals surface area contributed by atoms with E-state index in [1.165, 1.54) is 4.68 Å². The number of pyridine rings is 1. The number of rotatable bonds is 3. The van der Waals surface area contributed by atoms with Crippen molar-refractivity contribution >= 4 is 27.7 Å². The highest BCUT2D eigenvalue weighted by atomic mass is 16.2. The first kappa shape index (κ1) is 19.6. The van der Waals surface area contributed by atoms with E-state index >= 15 is 0 Å². The molecule has 0 atom stereocenters. The summed E-state index contributed by atoms with van der Waals surface area (Å²) in [5.74, 6) is -0.557. The van der Waals surface area contributed by atoms with Gasteiger partial charge in [0.2, 0.25) is 0 Å². The number of fused-ring (bicyclic) bond motifs is 2. The molecule has 0 bridgehead atoms. The van der Waals surface area contributed by atoms with Crippen LogP contribution in [0.25, 0.3) is 21.8 Å². The fraction of sp³-hybridized carbons (Fsp3) is 0.0769. The molecule has 0 N–H and O–H groups in total.